The third kappa shape index (κ3) is 3.63. The van der Waals surface area contributed by atoms with Gasteiger partial charge in [0.25, 0.3) is 0 Å². The standard InChI is InChI=1S/C23H33F3O3/c1-22-10-9-16-15-6-4-14(23(24,25)26)11-13(15)3-5-17(16)18(22)7-8-19(22)20(27)12-21(28)29-2/h13-19H,3-12H2,1-2H3. The van der Waals surface area contributed by atoms with E-state index in [9.17, 15) is 22.8 Å². The van der Waals surface area contributed by atoms with Crippen LogP contribution in [0.1, 0.15) is 71.1 Å². The van der Waals surface area contributed by atoms with E-state index in [-0.39, 0.29) is 35.9 Å². The first-order valence-corrected chi connectivity index (χ1v) is 11.3. The van der Waals surface area contributed by atoms with E-state index in [4.69, 9.17) is 0 Å². The van der Waals surface area contributed by atoms with E-state index in [0.717, 1.165) is 38.5 Å². The molecule has 4 aliphatic rings. The summed E-state index contributed by atoms with van der Waals surface area (Å²) >= 11 is 0. The minimum atomic E-state index is -4.05. The first-order chi connectivity index (χ1) is 13.6. The molecule has 8 atom stereocenters. The molecule has 6 heteroatoms. The molecule has 0 radical (unpaired) electrons. The lowest BCUT2D eigenvalue weighted by Gasteiger charge is -2.56. The monoisotopic (exact) mass is 414 g/mol. The highest BCUT2D eigenvalue weighted by Gasteiger charge is 2.59. The molecule has 4 fully saturated rings. The fourth-order valence-electron chi connectivity index (χ4n) is 8.02. The summed E-state index contributed by atoms with van der Waals surface area (Å²) in [6.45, 7) is 2.23. The second kappa shape index (κ2) is 7.56. The minimum absolute atomic E-state index is 0.0136. The van der Waals surface area contributed by atoms with Crippen LogP contribution in [0.3, 0.4) is 0 Å². The van der Waals surface area contributed by atoms with Crippen molar-refractivity contribution in [3.63, 3.8) is 0 Å². The van der Waals surface area contributed by atoms with E-state index in [2.05, 4.69) is 11.7 Å². The average Bonchev–Trinajstić information content (AvgIpc) is 3.03. The molecule has 0 heterocycles. The highest BCUT2D eigenvalue weighted by molar-refractivity contribution is 5.97. The molecule has 29 heavy (non-hydrogen) atoms. The molecular formula is C23H33F3O3. The highest BCUT2D eigenvalue weighted by atomic mass is 19.4. The zero-order valence-electron chi connectivity index (χ0n) is 17.5. The minimum Gasteiger partial charge on any atom is -0.469 e. The molecule has 0 amide bonds. The first-order valence-electron chi connectivity index (χ1n) is 11.3. The number of ether oxygens (including phenoxy) is 1. The summed E-state index contributed by atoms with van der Waals surface area (Å²) in [6.07, 6.45) is 2.88. The van der Waals surface area contributed by atoms with Crippen molar-refractivity contribution in [3.05, 3.63) is 0 Å². The summed E-state index contributed by atoms with van der Waals surface area (Å²) < 4.78 is 44.4. The van der Waals surface area contributed by atoms with Gasteiger partial charge in [-0.3, -0.25) is 9.59 Å². The van der Waals surface area contributed by atoms with Gasteiger partial charge >= 0.3 is 12.1 Å². The predicted octanol–water partition coefficient (Wildman–Crippen LogP) is 5.57. The van der Waals surface area contributed by atoms with Crippen LogP contribution in [0.25, 0.3) is 0 Å². The Morgan fingerprint density at radius 1 is 0.966 bits per heavy atom. The van der Waals surface area contributed by atoms with Crippen LogP contribution < -0.4 is 0 Å². The average molecular weight is 415 g/mol. The number of ketones is 1. The lowest BCUT2D eigenvalue weighted by Crippen LogP contribution is -2.50. The quantitative estimate of drug-likeness (QED) is 0.448. The molecule has 0 spiro atoms. The maximum atomic E-state index is 13.2. The topological polar surface area (TPSA) is 43.4 Å². The highest BCUT2D eigenvalue weighted by Crippen LogP contribution is 2.65. The molecule has 0 aromatic rings. The van der Waals surface area contributed by atoms with Crippen LogP contribution in [0.2, 0.25) is 0 Å². The number of fused-ring (bicyclic) bond motifs is 5. The van der Waals surface area contributed by atoms with Gasteiger partial charge in [0.15, 0.2) is 0 Å². The third-order valence-corrected chi connectivity index (χ3v) is 9.35. The third-order valence-electron chi connectivity index (χ3n) is 9.35. The van der Waals surface area contributed by atoms with Crippen molar-refractivity contribution in [2.75, 3.05) is 7.11 Å². The maximum absolute atomic E-state index is 13.2. The van der Waals surface area contributed by atoms with Gasteiger partial charge in [0.2, 0.25) is 0 Å². The van der Waals surface area contributed by atoms with Crippen LogP contribution in [0, 0.1) is 46.8 Å². The largest absolute Gasteiger partial charge is 0.469 e. The summed E-state index contributed by atoms with van der Waals surface area (Å²) in [5.41, 5.74) is -0.0672. The Labute approximate surface area is 171 Å². The summed E-state index contributed by atoms with van der Waals surface area (Å²) in [7, 11) is 1.31. The summed E-state index contributed by atoms with van der Waals surface area (Å²) in [5.74, 6) is 0.545. The van der Waals surface area contributed by atoms with Gasteiger partial charge in [0, 0.05) is 5.92 Å². The Morgan fingerprint density at radius 2 is 1.69 bits per heavy atom. The number of carbonyl (C=O) groups excluding carboxylic acids is 2. The fraction of sp³-hybridized carbons (Fsp3) is 0.913. The normalized spacial score (nSPS) is 44.4. The van der Waals surface area contributed by atoms with E-state index in [1.807, 2.05) is 0 Å². The molecule has 0 N–H and O–H groups in total. The molecule has 0 aromatic carbocycles. The predicted molar refractivity (Wildman–Crippen MR) is 102 cm³/mol. The Bertz CT molecular complexity index is 660. The molecule has 3 nitrogen and oxygen atoms in total. The van der Waals surface area contributed by atoms with Gasteiger partial charge in [-0.05, 0) is 92.8 Å². The number of carbonyl (C=O) groups is 2. The Morgan fingerprint density at radius 3 is 2.38 bits per heavy atom. The van der Waals surface area contributed by atoms with Crippen molar-refractivity contribution >= 4 is 11.8 Å². The Hall–Kier alpha value is -1.07. The van der Waals surface area contributed by atoms with E-state index in [1.165, 1.54) is 7.11 Å². The van der Waals surface area contributed by atoms with Crippen molar-refractivity contribution in [2.45, 2.75) is 77.3 Å². The molecule has 4 rings (SSSR count). The zero-order valence-corrected chi connectivity index (χ0v) is 17.5. The lowest BCUT2D eigenvalue weighted by molar-refractivity contribution is -0.196. The molecular weight excluding hydrogens is 381 g/mol. The number of esters is 1. The Balaban J connectivity index is 1.46. The van der Waals surface area contributed by atoms with Crippen LogP contribution in [0.5, 0.6) is 0 Å². The molecule has 0 aromatic heterocycles. The summed E-state index contributed by atoms with van der Waals surface area (Å²) in [4.78, 5) is 24.4. The van der Waals surface area contributed by atoms with Gasteiger partial charge in [0.1, 0.15) is 12.2 Å². The number of alkyl halides is 3. The number of Topliss-reactive ketones (excluding diaryl/α,β-unsaturated/α-hetero) is 1. The smallest absolute Gasteiger partial charge is 0.391 e. The van der Waals surface area contributed by atoms with Gasteiger partial charge in [-0.1, -0.05) is 6.92 Å². The van der Waals surface area contributed by atoms with E-state index in [1.54, 1.807) is 0 Å². The van der Waals surface area contributed by atoms with Crippen LogP contribution in [-0.4, -0.2) is 25.0 Å². The Kier molecular flexibility index (Phi) is 5.52. The lowest BCUT2D eigenvalue weighted by atomic mass is 9.49. The number of rotatable bonds is 3. The van der Waals surface area contributed by atoms with Crippen molar-refractivity contribution in [2.24, 2.45) is 46.8 Å². The second-order valence-corrected chi connectivity index (χ2v) is 10.4. The molecule has 4 aliphatic carbocycles. The number of methoxy groups -OCH3 is 1. The summed E-state index contributed by atoms with van der Waals surface area (Å²) in [6, 6.07) is 0. The van der Waals surface area contributed by atoms with Gasteiger partial charge in [0.05, 0.1) is 13.0 Å². The van der Waals surface area contributed by atoms with E-state index >= 15 is 0 Å². The van der Waals surface area contributed by atoms with Crippen LogP contribution in [0.15, 0.2) is 0 Å². The number of hydrogen-bond acceptors (Lipinski definition) is 3. The van der Waals surface area contributed by atoms with Gasteiger partial charge in [-0.15, -0.1) is 0 Å². The van der Waals surface area contributed by atoms with Crippen LogP contribution >= 0.6 is 0 Å². The van der Waals surface area contributed by atoms with E-state index < -0.39 is 18.1 Å². The first kappa shape index (κ1) is 21.2. The van der Waals surface area contributed by atoms with Gasteiger partial charge in [-0.25, -0.2) is 0 Å². The summed E-state index contributed by atoms with van der Waals surface area (Å²) in [5, 5.41) is 0. The zero-order chi connectivity index (χ0) is 21.0. The molecule has 0 saturated heterocycles. The molecule has 164 valence electrons. The van der Waals surface area contributed by atoms with Crippen molar-refractivity contribution in [1.29, 1.82) is 0 Å². The van der Waals surface area contributed by atoms with Gasteiger partial charge in [-0.2, -0.15) is 13.2 Å². The van der Waals surface area contributed by atoms with Crippen LogP contribution in [0.4, 0.5) is 13.2 Å². The van der Waals surface area contributed by atoms with Crippen molar-refractivity contribution < 1.29 is 27.5 Å². The molecule has 8 unspecified atom stereocenters. The van der Waals surface area contributed by atoms with Crippen molar-refractivity contribution in [1.82, 2.24) is 0 Å². The van der Waals surface area contributed by atoms with Gasteiger partial charge < -0.3 is 4.74 Å². The van der Waals surface area contributed by atoms with E-state index in [0.29, 0.717) is 36.5 Å². The molecule has 0 aliphatic heterocycles. The fourth-order valence-corrected chi connectivity index (χ4v) is 8.02. The number of hydrogen-bond donors (Lipinski definition) is 0. The second-order valence-electron chi connectivity index (χ2n) is 10.4. The van der Waals surface area contributed by atoms with Crippen molar-refractivity contribution in [3.8, 4) is 0 Å². The maximum Gasteiger partial charge on any atom is 0.391 e. The number of halogens is 3. The van der Waals surface area contributed by atoms with Crippen LogP contribution in [-0.2, 0) is 14.3 Å². The molecule has 0 bridgehead atoms. The SMILES string of the molecule is COC(=O)CC(=O)C1CCC2C3CCC4CC(C(F)(F)F)CCC4C3CCC12C. The molecule has 4 saturated carbocycles.